The standard InChI is InChI=1S/C14H18FNO5/c1-4-20-14(18)12(15)13(16)9-5-6-10(21-8(2)17)11(7-9)19-3/h5-7,12-13H,4,16H2,1-3H3/t12?,13-/m1/s1. The van der Waals surface area contributed by atoms with Gasteiger partial charge in [0.2, 0.25) is 6.17 Å². The first kappa shape index (κ1) is 16.9. The van der Waals surface area contributed by atoms with E-state index in [9.17, 15) is 14.0 Å². The van der Waals surface area contributed by atoms with Gasteiger partial charge in [0.15, 0.2) is 11.5 Å². The molecule has 0 heterocycles. The largest absolute Gasteiger partial charge is 0.493 e. The number of rotatable bonds is 6. The molecule has 21 heavy (non-hydrogen) atoms. The average Bonchev–Trinajstić information content (AvgIpc) is 2.45. The van der Waals surface area contributed by atoms with Crippen LogP contribution in [-0.4, -0.2) is 31.8 Å². The van der Waals surface area contributed by atoms with Gasteiger partial charge in [0, 0.05) is 6.92 Å². The predicted molar refractivity (Wildman–Crippen MR) is 72.8 cm³/mol. The Morgan fingerprint density at radius 2 is 2.00 bits per heavy atom. The van der Waals surface area contributed by atoms with E-state index in [2.05, 4.69) is 4.74 Å². The van der Waals surface area contributed by atoms with Crippen LogP contribution in [0.15, 0.2) is 18.2 Å². The Balaban J connectivity index is 2.97. The van der Waals surface area contributed by atoms with Gasteiger partial charge in [0.1, 0.15) is 0 Å². The number of benzene rings is 1. The Hall–Kier alpha value is -2.15. The molecule has 0 amide bonds. The number of alkyl halides is 1. The summed E-state index contributed by atoms with van der Waals surface area (Å²) in [6.07, 6.45) is -1.99. The van der Waals surface area contributed by atoms with Crippen LogP contribution in [0.2, 0.25) is 0 Å². The van der Waals surface area contributed by atoms with Gasteiger partial charge in [-0.1, -0.05) is 6.07 Å². The third-order valence-electron chi connectivity index (χ3n) is 2.65. The molecule has 1 aromatic carbocycles. The molecule has 0 saturated heterocycles. The van der Waals surface area contributed by atoms with Crippen LogP contribution in [0.3, 0.4) is 0 Å². The molecule has 1 aromatic rings. The number of carbonyl (C=O) groups excluding carboxylic acids is 2. The van der Waals surface area contributed by atoms with E-state index in [-0.39, 0.29) is 18.1 Å². The summed E-state index contributed by atoms with van der Waals surface area (Å²) in [5.41, 5.74) is 6.03. The lowest BCUT2D eigenvalue weighted by molar-refractivity contribution is -0.150. The lowest BCUT2D eigenvalue weighted by Gasteiger charge is -2.17. The molecule has 2 N–H and O–H groups in total. The molecule has 0 aliphatic rings. The molecule has 116 valence electrons. The van der Waals surface area contributed by atoms with Crippen LogP contribution in [0.4, 0.5) is 4.39 Å². The van der Waals surface area contributed by atoms with Gasteiger partial charge in [-0.05, 0) is 24.6 Å². The lowest BCUT2D eigenvalue weighted by atomic mass is 10.0. The number of esters is 2. The first-order chi connectivity index (χ1) is 9.90. The molecule has 0 bridgehead atoms. The van der Waals surface area contributed by atoms with E-state index in [1.807, 2.05) is 0 Å². The Morgan fingerprint density at radius 1 is 1.33 bits per heavy atom. The predicted octanol–water partition coefficient (Wildman–Crippen LogP) is 1.52. The first-order valence-electron chi connectivity index (χ1n) is 6.33. The zero-order valence-corrected chi connectivity index (χ0v) is 12.1. The summed E-state index contributed by atoms with van der Waals surface area (Å²) in [6, 6.07) is 3.09. The topological polar surface area (TPSA) is 87.9 Å². The van der Waals surface area contributed by atoms with Crippen molar-refractivity contribution in [1.29, 1.82) is 0 Å². The van der Waals surface area contributed by atoms with Crippen molar-refractivity contribution in [3.63, 3.8) is 0 Å². The molecular weight excluding hydrogens is 281 g/mol. The van der Waals surface area contributed by atoms with Crippen LogP contribution in [-0.2, 0) is 14.3 Å². The number of methoxy groups -OCH3 is 1. The minimum atomic E-state index is -1.99. The highest BCUT2D eigenvalue weighted by Crippen LogP contribution is 2.31. The first-order valence-corrected chi connectivity index (χ1v) is 6.33. The van der Waals surface area contributed by atoms with Crippen LogP contribution in [0.25, 0.3) is 0 Å². The van der Waals surface area contributed by atoms with Gasteiger partial charge >= 0.3 is 11.9 Å². The molecule has 1 unspecified atom stereocenters. The Morgan fingerprint density at radius 3 is 2.52 bits per heavy atom. The maximum atomic E-state index is 13.9. The highest BCUT2D eigenvalue weighted by atomic mass is 19.1. The highest BCUT2D eigenvalue weighted by Gasteiger charge is 2.28. The fraction of sp³-hybridized carbons (Fsp3) is 0.429. The molecule has 0 fully saturated rings. The van der Waals surface area contributed by atoms with E-state index >= 15 is 0 Å². The maximum absolute atomic E-state index is 13.9. The van der Waals surface area contributed by atoms with Gasteiger partial charge in [-0.3, -0.25) is 4.79 Å². The quantitative estimate of drug-likeness (QED) is 0.633. The van der Waals surface area contributed by atoms with Crippen LogP contribution in [0.1, 0.15) is 25.5 Å². The van der Waals surface area contributed by atoms with Crippen molar-refractivity contribution in [1.82, 2.24) is 0 Å². The van der Waals surface area contributed by atoms with Crippen LogP contribution in [0.5, 0.6) is 11.5 Å². The maximum Gasteiger partial charge on any atom is 0.342 e. The zero-order valence-electron chi connectivity index (χ0n) is 12.1. The number of carbonyl (C=O) groups is 2. The normalized spacial score (nSPS) is 13.2. The van der Waals surface area contributed by atoms with Crippen molar-refractivity contribution in [3.8, 4) is 11.5 Å². The smallest absolute Gasteiger partial charge is 0.342 e. The third-order valence-corrected chi connectivity index (χ3v) is 2.65. The van der Waals surface area contributed by atoms with Gasteiger partial charge in [-0.2, -0.15) is 0 Å². The zero-order chi connectivity index (χ0) is 16.0. The van der Waals surface area contributed by atoms with Gasteiger partial charge < -0.3 is 19.9 Å². The number of halogens is 1. The Bertz CT molecular complexity index is 520. The monoisotopic (exact) mass is 299 g/mol. The molecule has 1 rings (SSSR count). The molecule has 0 saturated carbocycles. The Kier molecular flexibility index (Phi) is 6.10. The molecule has 0 aromatic heterocycles. The fourth-order valence-corrected chi connectivity index (χ4v) is 1.67. The van der Waals surface area contributed by atoms with E-state index < -0.39 is 24.2 Å². The van der Waals surface area contributed by atoms with Crippen LogP contribution >= 0.6 is 0 Å². The van der Waals surface area contributed by atoms with E-state index in [1.54, 1.807) is 6.92 Å². The molecule has 7 heteroatoms. The summed E-state index contributed by atoms with van der Waals surface area (Å²) in [5.74, 6) is -1.13. The van der Waals surface area contributed by atoms with E-state index in [4.69, 9.17) is 15.2 Å². The second-order valence-electron chi connectivity index (χ2n) is 4.18. The molecule has 0 spiro atoms. The summed E-state index contributed by atoms with van der Waals surface area (Å²) < 4.78 is 28.4. The summed E-state index contributed by atoms with van der Waals surface area (Å²) in [7, 11) is 1.37. The van der Waals surface area contributed by atoms with Gasteiger partial charge in [-0.25, -0.2) is 9.18 Å². The molecule has 2 atom stereocenters. The molecule has 0 aliphatic heterocycles. The molecule has 0 radical (unpaired) electrons. The van der Waals surface area contributed by atoms with Gasteiger partial charge in [-0.15, -0.1) is 0 Å². The minimum absolute atomic E-state index is 0.0701. The third kappa shape index (κ3) is 4.42. The van der Waals surface area contributed by atoms with Crippen molar-refractivity contribution in [2.24, 2.45) is 5.73 Å². The van der Waals surface area contributed by atoms with Crippen LogP contribution in [0, 0.1) is 0 Å². The Labute approximate surface area is 122 Å². The number of nitrogens with two attached hydrogens (primary N) is 1. The fourth-order valence-electron chi connectivity index (χ4n) is 1.67. The SMILES string of the molecule is CCOC(=O)C(F)[C@H](N)c1ccc(OC(C)=O)c(OC)c1. The van der Waals surface area contributed by atoms with Crippen molar-refractivity contribution in [3.05, 3.63) is 23.8 Å². The second-order valence-corrected chi connectivity index (χ2v) is 4.18. The molecular formula is C14H18FNO5. The van der Waals surface area contributed by atoms with Gasteiger partial charge in [0.25, 0.3) is 0 Å². The second kappa shape index (κ2) is 7.58. The molecule has 6 nitrogen and oxygen atoms in total. The summed E-state index contributed by atoms with van der Waals surface area (Å²) >= 11 is 0. The minimum Gasteiger partial charge on any atom is -0.493 e. The summed E-state index contributed by atoms with van der Waals surface area (Å²) in [5, 5.41) is 0. The molecule has 0 aliphatic carbocycles. The van der Waals surface area contributed by atoms with Crippen molar-refractivity contribution >= 4 is 11.9 Å². The van der Waals surface area contributed by atoms with E-state index in [0.717, 1.165) is 0 Å². The lowest BCUT2D eigenvalue weighted by Crippen LogP contribution is -2.31. The van der Waals surface area contributed by atoms with Crippen molar-refractivity contribution in [2.45, 2.75) is 26.1 Å². The van der Waals surface area contributed by atoms with Crippen molar-refractivity contribution < 1.29 is 28.2 Å². The highest BCUT2D eigenvalue weighted by molar-refractivity contribution is 5.76. The number of ether oxygens (including phenoxy) is 3. The number of hydrogen-bond acceptors (Lipinski definition) is 6. The van der Waals surface area contributed by atoms with Crippen molar-refractivity contribution in [2.75, 3.05) is 13.7 Å². The van der Waals surface area contributed by atoms with E-state index in [0.29, 0.717) is 5.56 Å². The number of hydrogen-bond donors (Lipinski definition) is 1. The van der Waals surface area contributed by atoms with Crippen LogP contribution < -0.4 is 15.2 Å². The van der Waals surface area contributed by atoms with E-state index in [1.165, 1.54) is 32.2 Å². The van der Waals surface area contributed by atoms with Gasteiger partial charge in [0.05, 0.1) is 19.8 Å². The summed E-state index contributed by atoms with van der Waals surface area (Å²) in [6.45, 7) is 2.89. The summed E-state index contributed by atoms with van der Waals surface area (Å²) in [4.78, 5) is 22.3. The average molecular weight is 299 g/mol.